The Hall–Kier alpha value is -0.790. The van der Waals surface area contributed by atoms with Crippen LogP contribution in [-0.4, -0.2) is 11.6 Å². The van der Waals surface area contributed by atoms with Crippen LogP contribution >= 0.6 is 0 Å². The summed E-state index contributed by atoms with van der Waals surface area (Å²) >= 11 is 0. The van der Waals surface area contributed by atoms with E-state index in [4.69, 9.17) is 4.74 Å². The highest BCUT2D eigenvalue weighted by Crippen LogP contribution is 2.42. The van der Waals surface area contributed by atoms with Crippen molar-refractivity contribution in [3.05, 3.63) is 12.2 Å². The molecule has 2 unspecified atom stereocenters. The Balaban J connectivity index is 2.08. The van der Waals surface area contributed by atoms with Gasteiger partial charge < -0.3 is 4.74 Å². The lowest BCUT2D eigenvalue weighted by Gasteiger charge is -2.40. The lowest BCUT2D eigenvalue weighted by atomic mass is 9.74. The molecule has 2 rings (SSSR count). The van der Waals surface area contributed by atoms with Gasteiger partial charge in [-0.25, -0.2) is 4.79 Å². The van der Waals surface area contributed by atoms with Crippen LogP contribution in [0.15, 0.2) is 12.2 Å². The molecule has 2 bridgehead atoms. The van der Waals surface area contributed by atoms with E-state index in [1.807, 2.05) is 0 Å². The van der Waals surface area contributed by atoms with Crippen LogP contribution < -0.4 is 0 Å². The molecule has 2 nitrogen and oxygen atoms in total. The molecule has 0 aromatic heterocycles. The summed E-state index contributed by atoms with van der Waals surface area (Å²) in [5, 5.41) is 0. The van der Waals surface area contributed by atoms with Crippen molar-refractivity contribution in [1.29, 1.82) is 0 Å². The summed E-state index contributed by atoms with van der Waals surface area (Å²) in [4.78, 5) is 11.9. The highest BCUT2D eigenvalue weighted by atomic mass is 16.6. The van der Waals surface area contributed by atoms with Crippen LogP contribution in [0.1, 0.15) is 71.1 Å². The maximum Gasteiger partial charge on any atom is 0.333 e. The topological polar surface area (TPSA) is 26.3 Å². The van der Waals surface area contributed by atoms with Gasteiger partial charge in [0.2, 0.25) is 0 Å². The number of fused-ring (bicyclic) bond motifs is 2. The van der Waals surface area contributed by atoms with Gasteiger partial charge in [0.15, 0.2) is 0 Å². The Bertz CT molecular complexity index is 321. The zero-order chi connectivity index (χ0) is 13.0. The number of carbonyl (C=O) groups excluding carboxylic acids is 1. The second-order valence-corrected chi connectivity index (χ2v) is 6.27. The third kappa shape index (κ3) is 3.37. The molecular formula is C16H26O2. The smallest absolute Gasteiger partial charge is 0.333 e. The number of esters is 1. The highest BCUT2D eigenvalue weighted by Gasteiger charge is 2.39. The first-order valence-corrected chi connectivity index (χ1v) is 7.50. The number of hydrogen-bond donors (Lipinski definition) is 0. The molecule has 2 aliphatic rings. The molecule has 0 aromatic rings. The van der Waals surface area contributed by atoms with Crippen molar-refractivity contribution < 1.29 is 9.53 Å². The lowest BCUT2D eigenvalue weighted by molar-refractivity contribution is -0.161. The zero-order valence-corrected chi connectivity index (χ0v) is 11.7. The van der Waals surface area contributed by atoms with E-state index in [0.717, 1.165) is 25.2 Å². The van der Waals surface area contributed by atoms with Gasteiger partial charge in [0.1, 0.15) is 5.60 Å². The van der Waals surface area contributed by atoms with Crippen molar-refractivity contribution in [2.45, 2.75) is 76.7 Å². The van der Waals surface area contributed by atoms with Gasteiger partial charge in [-0.1, -0.05) is 38.7 Å². The summed E-state index contributed by atoms with van der Waals surface area (Å²) in [6.07, 6.45) is 12.3. The second kappa shape index (κ2) is 5.90. The molecule has 2 aliphatic carbocycles. The molecule has 0 amide bonds. The molecule has 0 aromatic carbocycles. The second-order valence-electron chi connectivity index (χ2n) is 6.27. The van der Waals surface area contributed by atoms with E-state index in [1.165, 1.54) is 44.9 Å². The largest absolute Gasteiger partial charge is 0.456 e. The summed E-state index contributed by atoms with van der Waals surface area (Å²) < 4.78 is 5.86. The van der Waals surface area contributed by atoms with Crippen LogP contribution in [0, 0.1) is 5.92 Å². The fourth-order valence-electron chi connectivity index (χ4n) is 3.58. The van der Waals surface area contributed by atoms with E-state index in [-0.39, 0.29) is 11.6 Å². The quantitative estimate of drug-likeness (QED) is 0.536. The summed E-state index contributed by atoms with van der Waals surface area (Å²) in [7, 11) is 0. The highest BCUT2D eigenvalue weighted by molar-refractivity contribution is 5.87. The average Bonchev–Trinajstić information content (AvgIpc) is 2.39. The Kier molecular flexibility index (Phi) is 4.47. The summed E-state index contributed by atoms with van der Waals surface area (Å²) in [6.45, 7) is 5.45. The van der Waals surface area contributed by atoms with Crippen molar-refractivity contribution in [2.24, 2.45) is 5.92 Å². The fourth-order valence-corrected chi connectivity index (χ4v) is 3.58. The van der Waals surface area contributed by atoms with Crippen molar-refractivity contribution in [3.63, 3.8) is 0 Å². The molecule has 0 aliphatic heterocycles. The maximum absolute atomic E-state index is 11.9. The molecule has 2 fully saturated rings. The van der Waals surface area contributed by atoms with Crippen LogP contribution in [0.4, 0.5) is 0 Å². The van der Waals surface area contributed by atoms with Gasteiger partial charge in [-0.2, -0.15) is 0 Å². The third-order valence-corrected chi connectivity index (χ3v) is 4.56. The molecular weight excluding hydrogens is 224 g/mol. The normalized spacial score (nSPS) is 32.8. The minimum atomic E-state index is -0.185. The predicted molar refractivity (Wildman–Crippen MR) is 73.3 cm³/mol. The first kappa shape index (κ1) is 13.6. The third-order valence-electron chi connectivity index (χ3n) is 4.56. The molecule has 2 heteroatoms. The molecule has 2 saturated carbocycles. The standard InChI is InChI=1S/C16H26O2/c1-13(2)15(17)18-16-10-6-4-3-5-8-14(12-16)9-7-11-16/h14H,1,3-12H2,2H3. The first-order valence-electron chi connectivity index (χ1n) is 7.50. The average molecular weight is 250 g/mol. The Morgan fingerprint density at radius 3 is 2.56 bits per heavy atom. The van der Waals surface area contributed by atoms with Gasteiger partial charge in [-0.05, 0) is 44.9 Å². The van der Waals surface area contributed by atoms with Gasteiger partial charge in [-0.3, -0.25) is 0 Å². The Labute approximate surface area is 111 Å². The van der Waals surface area contributed by atoms with Gasteiger partial charge in [0.05, 0.1) is 0 Å². The minimum Gasteiger partial charge on any atom is -0.456 e. The number of hydrogen-bond acceptors (Lipinski definition) is 2. The van der Waals surface area contributed by atoms with Gasteiger partial charge >= 0.3 is 5.97 Å². The zero-order valence-electron chi connectivity index (χ0n) is 11.7. The molecule has 0 heterocycles. The van der Waals surface area contributed by atoms with E-state index >= 15 is 0 Å². The molecule has 0 spiro atoms. The Morgan fingerprint density at radius 1 is 1.11 bits per heavy atom. The van der Waals surface area contributed by atoms with Crippen LogP contribution in [0.2, 0.25) is 0 Å². The van der Waals surface area contributed by atoms with Crippen molar-refractivity contribution in [2.75, 3.05) is 0 Å². The fraction of sp³-hybridized carbons (Fsp3) is 0.812. The molecule has 2 atom stereocenters. The lowest BCUT2D eigenvalue weighted by Crippen LogP contribution is -2.40. The van der Waals surface area contributed by atoms with Crippen molar-refractivity contribution in [1.82, 2.24) is 0 Å². The van der Waals surface area contributed by atoms with Crippen molar-refractivity contribution in [3.8, 4) is 0 Å². The maximum atomic E-state index is 11.9. The summed E-state index contributed by atoms with van der Waals surface area (Å²) in [5.74, 6) is 0.588. The van der Waals surface area contributed by atoms with E-state index in [1.54, 1.807) is 6.92 Å². The monoisotopic (exact) mass is 250 g/mol. The summed E-state index contributed by atoms with van der Waals surface area (Å²) in [6, 6.07) is 0. The number of carbonyl (C=O) groups is 1. The van der Waals surface area contributed by atoms with Gasteiger partial charge in [0, 0.05) is 5.57 Å². The molecule has 0 N–H and O–H groups in total. The van der Waals surface area contributed by atoms with E-state index in [2.05, 4.69) is 6.58 Å². The first-order chi connectivity index (χ1) is 8.61. The molecule has 0 radical (unpaired) electrons. The van der Waals surface area contributed by atoms with Gasteiger partial charge in [0.25, 0.3) is 0 Å². The van der Waals surface area contributed by atoms with E-state index in [9.17, 15) is 4.79 Å². The van der Waals surface area contributed by atoms with Crippen LogP contribution in [0.25, 0.3) is 0 Å². The van der Waals surface area contributed by atoms with Crippen LogP contribution in [0.5, 0.6) is 0 Å². The van der Waals surface area contributed by atoms with Crippen LogP contribution in [-0.2, 0) is 9.53 Å². The molecule has 18 heavy (non-hydrogen) atoms. The SMILES string of the molecule is C=C(C)C(=O)OC12CCCCCCC(CCC1)C2. The number of ether oxygens (including phenoxy) is 1. The summed E-state index contributed by atoms with van der Waals surface area (Å²) in [5.41, 5.74) is 0.370. The molecule has 0 saturated heterocycles. The molecule has 102 valence electrons. The van der Waals surface area contributed by atoms with Crippen LogP contribution in [0.3, 0.4) is 0 Å². The van der Waals surface area contributed by atoms with E-state index in [0.29, 0.717) is 5.57 Å². The van der Waals surface area contributed by atoms with Gasteiger partial charge in [-0.15, -0.1) is 0 Å². The minimum absolute atomic E-state index is 0.163. The predicted octanol–water partition coefficient (Wildman–Crippen LogP) is 4.39. The van der Waals surface area contributed by atoms with E-state index < -0.39 is 0 Å². The van der Waals surface area contributed by atoms with Crippen molar-refractivity contribution >= 4 is 5.97 Å². The number of rotatable bonds is 2. The Morgan fingerprint density at radius 2 is 1.78 bits per heavy atom.